The second-order valence-electron chi connectivity index (χ2n) is 2.92. The molecule has 1 amide bonds. The molecule has 0 aliphatic heterocycles. The largest absolute Gasteiger partial charge is 0.468 e. The van der Waals surface area contributed by atoms with Gasteiger partial charge in [-0.25, -0.2) is 8.78 Å². The van der Waals surface area contributed by atoms with Crippen LogP contribution in [-0.2, 0) is 9.53 Å². The molecular formula is C10H9F2NO3. The van der Waals surface area contributed by atoms with Gasteiger partial charge in [-0.15, -0.1) is 0 Å². The van der Waals surface area contributed by atoms with Crippen LogP contribution in [0, 0.1) is 11.6 Å². The highest BCUT2D eigenvalue weighted by atomic mass is 19.1. The first-order valence-corrected chi connectivity index (χ1v) is 4.34. The van der Waals surface area contributed by atoms with Gasteiger partial charge in [-0.2, -0.15) is 0 Å². The molecule has 0 heterocycles. The SMILES string of the molecule is COC(=O)CNC(=O)c1cc(F)cc(F)c1. The van der Waals surface area contributed by atoms with Crippen molar-refractivity contribution in [3.8, 4) is 0 Å². The zero-order valence-electron chi connectivity index (χ0n) is 8.42. The van der Waals surface area contributed by atoms with E-state index in [-0.39, 0.29) is 12.1 Å². The number of esters is 1. The first kappa shape index (κ1) is 12.1. The van der Waals surface area contributed by atoms with Gasteiger partial charge in [-0.05, 0) is 12.1 Å². The van der Waals surface area contributed by atoms with Gasteiger partial charge in [0.2, 0.25) is 0 Å². The first-order chi connectivity index (χ1) is 7.52. The third-order valence-corrected chi connectivity index (χ3v) is 1.75. The molecule has 86 valence electrons. The van der Waals surface area contributed by atoms with Crippen LogP contribution < -0.4 is 5.32 Å². The molecule has 0 saturated heterocycles. The predicted octanol–water partition coefficient (Wildman–Crippen LogP) is 0.868. The Balaban J connectivity index is 2.69. The lowest BCUT2D eigenvalue weighted by Crippen LogP contribution is -2.30. The van der Waals surface area contributed by atoms with Crippen molar-refractivity contribution in [1.82, 2.24) is 5.32 Å². The number of hydrogen-bond acceptors (Lipinski definition) is 3. The molecule has 0 bridgehead atoms. The molecule has 1 aromatic rings. The van der Waals surface area contributed by atoms with Crippen molar-refractivity contribution in [3.63, 3.8) is 0 Å². The van der Waals surface area contributed by atoms with Crippen LogP contribution in [-0.4, -0.2) is 25.5 Å². The van der Waals surface area contributed by atoms with Crippen LogP contribution in [0.15, 0.2) is 18.2 Å². The summed E-state index contributed by atoms with van der Waals surface area (Å²) in [6.07, 6.45) is 0. The zero-order valence-corrected chi connectivity index (χ0v) is 8.42. The van der Waals surface area contributed by atoms with Crippen molar-refractivity contribution in [3.05, 3.63) is 35.4 Å². The van der Waals surface area contributed by atoms with E-state index < -0.39 is 23.5 Å². The van der Waals surface area contributed by atoms with Crippen molar-refractivity contribution >= 4 is 11.9 Å². The van der Waals surface area contributed by atoms with E-state index in [1.54, 1.807) is 0 Å². The molecule has 0 saturated carbocycles. The van der Waals surface area contributed by atoms with Crippen molar-refractivity contribution in [1.29, 1.82) is 0 Å². The number of amides is 1. The van der Waals surface area contributed by atoms with Crippen molar-refractivity contribution in [2.45, 2.75) is 0 Å². The topological polar surface area (TPSA) is 55.4 Å². The summed E-state index contributed by atoms with van der Waals surface area (Å²) >= 11 is 0. The second-order valence-corrected chi connectivity index (χ2v) is 2.92. The van der Waals surface area contributed by atoms with Crippen LogP contribution in [0.25, 0.3) is 0 Å². The molecule has 0 radical (unpaired) electrons. The first-order valence-electron chi connectivity index (χ1n) is 4.34. The Kier molecular flexibility index (Phi) is 3.93. The Morgan fingerprint density at radius 3 is 2.31 bits per heavy atom. The normalized spacial score (nSPS) is 9.69. The van der Waals surface area contributed by atoms with Crippen LogP contribution in [0.2, 0.25) is 0 Å². The summed E-state index contributed by atoms with van der Waals surface area (Å²) in [7, 11) is 1.16. The minimum atomic E-state index is -0.858. The number of halogens is 2. The summed E-state index contributed by atoms with van der Waals surface area (Å²) in [5.74, 6) is -3.11. The Morgan fingerprint density at radius 1 is 1.25 bits per heavy atom. The maximum absolute atomic E-state index is 12.7. The zero-order chi connectivity index (χ0) is 12.1. The summed E-state index contributed by atoms with van der Waals surface area (Å²) < 4.78 is 29.8. The Bertz CT molecular complexity index is 400. The van der Waals surface area contributed by atoms with Crippen LogP contribution in [0.5, 0.6) is 0 Å². The number of rotatable bonds is 3. The van der Waals surface area contributed by atoms with Gasteiger partial charge < -0.3 is 10.1 Å². The van der Waals surface area contributed by atoms with Crippen LogP contribution in [0.1, 0.15) is 10.4 Å². The van der Waals surface area contributed by atoms with E-state index >= 15 is 0 Å². The minimum Gasteiger partial charge on any atom is -0.468 e. The summed E-state index contributed by atoms with van der Waals surface area (Å²) in [6, 6.07) is 2.39. The monoisotopic (exact) mass is 229 g/mol. The van der Waals surface area contributed by atoms with Crippen molar-refractivity contribution in [2.75, 3.05) is 13.7 Å². The van der Waals surface area contributed by atoms with Gasteiger partial charge in [-0.3, -0.25) is 9.59 Å². The van der Waals surface area contributed by atoms with Gasteiger partial charge in [0.15, 0.2) is 0 Å². The van der Waals surface area contributed by atoms with E-state index in [2.05, 4.69) is 10.1 Å². The number of carbonyl (C=O) groups excluding carboxylic acids is 2. The quantitative estimate of drug-likeness (QED) is 0.782. The number of ether oxygens (including phenoxy) is 1. The summed E-state index contributed by atoms with van der Waals surface area (Å²) in [4.78, 5) is 22.0. The molecule has 4 nitrogen and oxygen atoms in total. The summed E-state index contributed by atoms with van der Waals surface area (Å²) in [5.41, 5.74) is -0.193. The van der Waals surface area contributed by atoms with Gasteiger partial charge in [0.1, 0.15) is 18.2 Å². The molecule has 1 rings (SSSR count). The lowest BCUT2D eigenvalue weighted by molar-refractivity contribution is -0.139. The molecule has 16 heavy (non-hydrogen) atoms. The molecule has 1 N–H and O–H groups in total. The number of nitrogens with one attached hydrogen (secondary N) is 1. The maximum Gasteiger partial charge on any atom is 0.325 e. The molecule has 0 spiro atoms. The van der Waals surface area contributed by atoms with Crippen molar-refractivity contribution in [2.24, 2.45) is 0 Å². The third-order valence-electron chi connectivity index (χ3n) is 1.75. The molecule has 6 heteroatoms. The maximum atomic E-state index is 12.7. The van der Waals surface area contributed by atoms with E-state index in [1.807, 2.05) is 0 Å². The molecule has 1 aromatic carbocycles. The Morgan fingerprint density at radius 2 is 1.81 bits per heavy atom. The third kappa shape index (κ3) is 3.30. The van der Waals surface area contributed by atoms with Crippen LogP contribution in [0.3, 0.4) is 0 Å². The van der Waals surface area contributed by atoms with E-state index in [4.69, 9.17) is 0 Å². The van der Waals surface area contributed by atoms with Gasteiger partial charge >= 0.3 is 5.97 Å². The highest BCUT2D eigenvalue weighted by Crippen LogP contribution is 2.07. The van der Waals surface area contributed by atoms with Gasteiger partial charge in [0.25, 0.3) is 5.91 Å². The average Bonchev–Trinajstić information content (AvgIpc) is 2.23. The highest BCUT2D eigenvalue weighted by Gasteiger charge is 2.10. The predicted molar refractivity (Wildman–Crippen MR) is 50.7 cm³/mol. The lowest BCUT2D eigenvalue weighted by Gasteiger charge is -2.04. The summed E-state index contributed by atoms with van der Waals surface area (Å²) in [5, 5.41) is 2.16. The average molecular weight is 229 g/mol. The molecule has 0 aromatic heterocycles. The van der Waals surface area contributed by atoms with E-state index in [9.17, 15) is 18.4 Å². The van der Waals surface area contributed by atoms with E-state index in [1.165, 1.54) is 0 Å². The van der Waals surface area contributed by atoms with E-state index in [0.717, 1.165) is 19.2 Å². The van der Waals surface area contributed by atoms with Gasteiger partial charge in [0.05, 0.1) is 7.11 Å². The number of methoxy groups -OCH3 is 1. The lowest BCUT2D eigenvalue weighted by atomic mass is 10.2. The fraction of sp³-hybridized carbons (Fsp3) is 0.200. The standard InChI is InChI=1S/C10H9F2NO3/c1-16-9(14)5-13-10(15)6-2-7(11)4-8(12)3-6/h2-4H,5H2,1H3,(H,13,15). The molecule has 0 atom stereocenters. The second kappa shape index (κ2) is 5.20. The van der Waals surface area contributed by atoms with Gasteiger partial charge in [0, 0.05) is 11.6 Å². The van der Waals surface area contributed by atoms with Crippen LogP contribution in [0.4, 0.5) is 8.78 Å². The fourth-order valence-corrected chi connectivity index (χ4v) is 1.01. The Labute approximate surface area is 90.2 Å². The van der Waals surface area contributed by atoms with Crippen LogP contribution >= 0.6 is 0 Å². The minimum absolute atomic E-state index is 0.193. The fourth-order valence-electron chi connectivity index (χ4n) is 1.01. The number of hydrogen-bond donors (Lipinski definition) is 1. The number of carbonyl (C=O) groups is 2. The molecule has 0 aliphatic carbocycles. The highest BCUT2D eigenvalue weighted by molar-refractivity contribution is 5.95. The summed E-state index contributed by atoms with van der Waals surface area (Å²) in [6.45, 7) is -0.354. The van der Waals surface area contributed by atoms with Gasteiger partial charge in [-0.1, -0.05) is 0 Å². The molecular weight excluding hydrogens is 220 g/mol. The number of benzene rings is 1. The molecule has 0 aliphatic rings. The Hall–Kier alpha value is -1.98. The van der Waals surface area contributed by atoms with E-state index in [0.29, 0.717) is 6.07 Å². The smallest absolute Gasteiger partial charge is 0.325 e. The van der Waals surface area contributed by atoms with Crippen molar-refractivity contribution < 1.29 is 23.1 Å². The molecule has 0 fully saturated rings. The molecule has 0 unspecified atom stereocenters.